The number of aliphatic hydroxyl groups excluding tert-OH is 3. The first-order valence-corrected chi connectivity index (χ1v) is 35.2. The van der Waals surface area contributed by atoms with Crippen molar-refractivity contribution in [3.8, 4) is 0 Å². The summed E-state index contributed by atoms with van der Waals surface area (Å²) in [6.07, 6.45) is 22.6. The largest absolute Gasteiger partial charge is 1.00 e. The molecule has 0 unspecified atom stereocenters. The predicted octanol–water partition coefficient (Wildman–Crippen LogP) is 7.94. The lowest BCUT2D eigenvalue weighted by Crippen LogP contribution is -3.00. The highest BCUT2D eigenvalue weighted by atomic mass is 35.5. The van der Waals surface area contributed by atoms with Gasteiger partial charge in [0.05, 0.1) is 70.7 Å². The van der Waals surface area contributed by atoms with Crippen LogP contribution in [0.25, 0.3) is 0 Å². The van der Waals surface area contributed by atoms with Crippen LogP contribution in [0.2, 0.25) is 0 Å². The summed E-state index contributed by atoms with van der Waals surface area (Å²) in [5, 5.41) is 60.5. The van der Waals surface area contributed by atoms with E-state index in [1.165, 1.54) is 91.1 Å². The Bertz CT molecular complexity index is 1840. The van der Waals surface area contributed by atoms with E-state index in [9.17, 15) is 35.1 Å². The predicted molar refractivity (Wildman–Crippen MR) is 323 cm³/mol. The normalized spacial score (nSPS) is 39.3. The molecule has 480 valence electrons. The summed E-state index contributed by atoms with van der Waals surface area (Å²) in [5.41, 5.74) is -1.45. The van der Waals surface area contributed by atoms with Gasteiger partial charge in [-0.15, -0.1) is 0 Å². The molecule has 5 N–H and O–H groups in total. The van der Waals surface area contributed by atoms with Crippen molar-refractivity contribution in [2.45, 2.75) is 350 Å². The maximum atomic E-state index is 14.7. The van der Waals surface area contributed by atoms with E-state index in [0.29, 0.717) is 12.8 Å². The lowest BCUT2D eigenvalue weighted by Gasteiger charge is -2.48. The summed E-state index contributed by atoms with van der Waals surface area (Å²) in [4.78, 5) is 32.9. The van der Waals surface area contributed by atoms with Crippen LogP contribution < -0.4 is 12.4 Å². The second kappa shape index (κ2) is 32.6. The molecule has 0 aromatic heterocycles. The lowest BCUT2D eigenvalue weighted by atomic mass is 9.77. The minimum absolute atomic E-state index is 0. The van der Waals surface area contributed by atoms with E-state index in [-0.39, 0.29) is 68.6 Å². The number of rotatable bonds is 23. The Morgan fingerprint density at radius 1 is 0.732 bits per heavy atom. The molecule has 3 saturated heterocycles. The number of cyclic esters (lactones) is 1. The van der Waals surface area contributed by atoms with Gasteiger partial charge in [0.15, 0.2) is 12.6 Å². The highest BCUT2D eigenvalue weighted by molar-refractivity contribution is 7.77. The third-order valence-corrected chi connectivity index (χ3v) is 28.2. The second-order valence-electron chi connectivity index (χ2n) is 28.1. The molecule has 0 bridgehead atoms. The Morgan fingerprint density at radius 2 is 1.24 bits per heavy atom. The number of carbonyl (C=O) groups is 2. The van der Waals surface area contributed by atoms with Crippen molar-refractivity contribution in [2.75, 3.05) is 33.9 Å². The zero-order valence-electron chi connectivity index (χ0n) is 53.6. The van der Waals surface area contributed by atoms with Crippen LogP contribution in [0.3, 0.4) is 0 Å². The summed E-state index contributed by atoms with van der Waals surface area (Å²) >= 11 is 0. The molecule has 3 heterocycles. The minimum Gasteiger partial charge on any atom is -1.00 e. The molecule has 17 heteroatoms. The minimum atomic E-state index is -1.98. The van der Waals surface area contributed by atoms with Crippen LogP contribution in [0.15, 0.2) is 0 Å². The van der Waals surface area contributed by atoms with E-state index >= 15 is 0 Å². The van der Waals surface area contributed by atoms with Crippen LogP contribution in [0.1, 0.15) is 243 Å². The van der Waals surface area contributed by atoms with Crippen molar-refractivity contribution in [3.05, 3.63) is 0 Å². The zero-order valence-corrected chi connectivity index (χ0v) is 55.3. The van der Waals surface area contributed by atoms with E-state index in [2.05, 4.69) is 0 Å². The first-order valence-electron chi connectivity index (χ1n) is 33.0. The highest BCUT2D eigenvalue weighted by Gasteiger charge is 2.58. The molecule has 3 aliphatic carbocycles. The highest BCUT2D eigenvalue weighted by Crippen LogP contribution is 2.78. The molecule has 3 aliphatic heterocycles. The monoisotopic (exact) mass is 1200 g/mol. The molecule has 0 aromatic rings. The number of hydrogen-bond donors (Lipinski definition) is 5. The van der Waals surface area contributed by atoms with E-state index in [1.54, 1.807) is 91.1 Å². The third-order valence-electron chi connectivity index (χ3n) is 21.4. The van der Waals surface area contributed by atoms with Crippen LogP contribution >= 0.6 is 7.26 Å². The quantitative estimate of drug-likeness (QED) is 0.0376. The second-order valence-corrected chi connectivity index (χ2v) is 32.7. The average molecular weight is 1200 g/mol. The van der Waals surface area contributed by atoms with E-state index in [1.807, 2.05) is 39.8 Å². The van der Waals surface area contributed by atoms with Crippen LogP contribution in [0.4, 0.5) is 0 Å². The van der Waals surface area contributed by atoms with Gasteiger partial charge in [-0.3, -0.25) is 9.59 Å². The summed E-state index contributed by atoms with van der Waals surface area (Å²) in [6, 6.07) is -1.21. The maximum Gasteiger partial charge on any atom is 0.311 e. The molecule has 6 aliphatic rings. The molecule has 6 rings (SSSR count). The van der Waals surface area contributed by atoms with E-state index in [4.69, 9.17) is 28.4 Å². The fourth-order valence-corrected chi connectivity index (χ4v) is 24.3. The van der Waals surface area contributed by atoms with E-state index in [0.717, 1.165) is 36.2 Å². The number of aliphatic hydroxyl groups is 5. The topological polar surface area (TPSA) is 197 Å². The number of hydrogen-bond acceptors (Lipinski definition) is 14. The number of amides is 1. The molecule has 0 radical (unpaired) electrons. The Balaban J connectivity index is 0.0000123. The van der Waals surface area contributed by atoms with Gasteiger partial charge in [0.1, 0.15) is 30.0 Å². The fourth-order valence-electron chi connectivity index (χ4n) is 16.7. The van der Waals surface area contributed by atoms with Crippen molar-refractivity contribution >= 4 is 19.1 Å². The Labute approximate surface area is 504 Å². The smallest absolute Gasteiger partial charge is 0.311 e. The molecule has 18 atom stereocenters. The molecule has 15 nitrogen and oxygen atoms in total. The summed E-state index contributed by atoms with van der Waals surface area (Å²) in [7, 11) is 4.38. The summed E-state index contributed by atoms with van der Waals surface area (Å²) in [6.45, 7) is 17.6. The Hall–Kier alpha value is -0.780. The van der Waals surface area contributed by atoms with Crippen molar-refractivity contribution in [1.82, 2.24) is 9.80 Å². The number of nitrogens with zero attached hydrogens (tertiary/aromatic N) is 2. The molecule has 3 saturated carbocycles. The van der Waals surface area contributed by atoms with E-state index < -0.39 is 103 Å². The van der Waals surface area contributed by atoms with Gasteiger partial charge in [-0.25, -0.2) is 0 Å². The number of likely N-dealkylation sites (N-methyl/N-ethyl adjacent to an activating group) is 1. The number of carbonyl (C=O) groups excluding carboxylic acids is 2. The van der Waals surface area contributed by atoms with Gasteiger partial charge in [0, 0.05) is 45.7 Å². The Morgan fingerprint density at radius 3 is 1.74 bits per heavy atom. The third kappa shape index (κ3) is 17.8. The first-order chi connectivity index (χ1) is 38.3. The van der Waals surface area contributed by atoms with Crippen LogP contribution in [0, 0.1) is 17.8 Å². The number of halogens is 1. The molecule has 0 aromatic carbocycles. The van der Waals surface area contributed by atoms with Crippen LogP contribution in [-0.4, -0.2) is 188 Å². The molecular formula is C65H120ClN2O13P. The van der Waals surface area contributed by atoms with Gasteiger partial charge >= 0.3 is 5.97 Å². The van der Waals surface area contributed by atoms with Crippen molar-refractivity contribution in [2.24, 2.45) is 17.8 Å². The van der Waals surface area contributed by atoms with Crippen LogP contribution in [-0.2, 0) is 38.0 Å². The van der Waals surface area contributed by atoms with Gasteiger partial charge in [0.2, 0.25) is 5.91 Å². The SMILES string of the molecule is CC[C@H]1OC(=O)[C@H](C)[C@@H](O[C@H]2C[C@@](C)(OC)[C@@H](O)[C@H](C)O2)[C@H](C)[C@@H](O[C@@H]2O[C@H](C)C[C@H](N(C)C)[C@H]2O)[C@](C)(O)C[C@@H](C)CN(C(=O)CCCCCCCCCCCC[P+](C2CCCC2)(C2CCCC2)C2CCCC2)[C@H](C)[C@@H](O)[C@]1(C)O.[Cl-]. The van der Waals surface area contributed by atoms with Crippen LogP contribution in [0.5, 0.6) is 0 Å². The fraction of sp³-hybridized carbons (Fsp3) is 0.969. The molecule has 82 heavy (non-hydrogen) atoms. The van der Waals surface area contributed by atoms with Gasteiger partial charge in [0.25, 0.3) is 0 Å². The van der Waals surface area contributed by atoms with Gasteiger partial charge < -0.3 is 76.2 Å². The van der Waals surface area contributed by atoms with Crippen molar-refractivity contribution in [3.63, 3.8) is 0 Å². The number of esters is 1. The average Bonchev–Trinajstić information content (AvgIpc) is 4.34. The van der Waals surface area contributed by atoms with Gasteiger partial charge in [-0.1, -0.05) is 65.7 Å². The Kier molecular flexibility index (Phi) is 28.6. The number of ether oxygens (including phenoxy) is 6. The van der Waals surface area contributed by atoms with Gasteiger partial charge in [-0.05, 0) is 184 Å². The number of methoxy groups -OCH3 is 1. The maximum absolute atomic E-state index is 14.7. The molecular weight excluding hydrogens is 1080 g/mol. The summed E-state index contributed by atoms with van der Waals surface area (Å²) in [5.74, 6) is -3.16. The first kappa shape index (κ1) is 72.0. The summed E-state index contributed by atoms with van der Waals surface area (Å²) < 4.78 is 38.3. The lowest BCUT2D eigenvalue weighted by molar-refractivity contribution is -0.318. The molecule has 0 spiro atoms. The molecule has 1 amide bonds. The molecule has 6 fully saturated rings. The van der Waals surface area contributed by atoms with Crippen molar-refractivity contribution < 1.29 is 75.9 Å². The number of unbranched alkanes of at least 4 members (excludes halogenated alkanes) is 9. The zero-order chi connectivity index (χ0) is 59.5. The van der Waals surface area contributed by atoms with Crippen molar-refractivity contribution in [1.29, 1.82) is 0 Å². The van der Waals surface area contributed by atoms with Gasteiger partial charge in [-0.2, -0.15) is 0 Å². The standard InChI is InChI=1S/C65H120N2O13P.ClH/c1-14-53-65(10,74)58(70)47(6)67(54(68)37-23-21-19-17-15-16-18-20-22-30-38-81(49-31-24-25-32-49,50-33-26-27-34-50)51-35-28-29-36-51)42-43(2)40-63(8,73)60(80-62-56(69)52(66(11)12)39-44(3)76-62)45(4)57(46(5)61(72)78-53)79-55-41-64(9,75-13)59(71)48(7)77-55;/h43-53,55-60,62,69-71,73-74H,14-42H2,1-13H3;1H/q+1;/p-1/t43-,44-,45+,46-,47-,48+,52+,53-,55+,56-,57+,58-,59+,60-,62+,63-,64-,65-;/m1./s1.